The first-order valence-electron chi connectivity index (χ1n) is 4.83. The summed E-state index contributed by atoms with van der Waals surface area (Å²) in [4.78, 5) is 16.4. The molecule has 1 aliphatic heterocycles. The quantitative estimate of drug-likeness (QED) is 0.557. The van der Waals surface area contributed by atoms with Gasteiger partial charge in [0.2, 0.25) is 6.79 Å². The van der Waals surface area contributed by atoms with Gasteiger partial charge in [-0.05, 0) is 18.2 Å². The van der Waals surface area contributed by atoms with Crippen molar-refractivity contribution in [1.82, 2.24) is 5.48 Å². The number of hydrogen-bond acceptors (Lipinski definition) is 5. The third kappa shape index (κ3) is 2.23. The van der Waals surface area contributed by atoms with E-state index < -0.39 is 0 Å². The predicted molar refractivity (Wildman–Crippen MR) is 55.0 cm³/mol. The van der Waals surface area contributed by atoms with Gasteiger partial charge in [-0.15, -0.1) is 0 Å². The molecule has 1 amide bonds. The molecule has 0 aromatic heterocycles. The summed E-state index contributed by atoms with van der Waals surface area (Å²) in [6, 6.07) is 4.91. The van der Waals surface area contributed by atoms with Gasteiger partial charge in [-0.1, -0.05) is 0 Å². The van der Waals surface area contributed by atoms with Gasteiger partial charge < -0.3 is 15.2 Å². The van der Waals surface area contributed by atoms with Gasteiger partial charge in [0.15, 0.2) is 11.5 Å². The van der Waals surface area contributed by atoms with Crippen LogP contribution in [0.25, 0.3) is 0 Å². The fourth-order valence-corrected chi connectivity index (χ4v) is 1.27. The molecule has 0 fully saturated rings. The van der Waals surface area contributed by atoms with E-state index in [9.17, 15) is 4.79 Å². The zero-order valence-corrected chi connectivity index (χ0v) is 8.56. The molecular formula is C10H12N2O4. The van der Waals surface area contributed by atoms with Crippen LogP contribution in [0.15, 0.2) is 18.2 Å². The fourth-order valence-electron chi connectivity index (χ4n) is 1.27. The van der Waals surface area contributed by atoms with E-state index in [-0.39, 0.29) is 19.3 Å². The van der Waals surface area contributed by atoms with Crippen LogP contribution in [0.1, 0.15) is 10.4 Å². The van der Waals surface area contributed by atoms with E-state index in [1.165, 1.54) is 0 Å². The second-order valence-corrected chi connectivity index (χ2v) is 3.14. The summed E-state index contributed by atoms with van der Waals surface area (Å²) in [7, 11) is 0. The van der Waals surface area contributed by atoms with Crippen molar-refractivity contribution in [2.45, 2.75) is 0 Å². The van der Waals surface area contributed by atoms with E-state index in [0.29, 0.717) is 23.6 Å². The lowest BCUT2D eigenvalue weighted by atomic mass is 10.2. The topological polar surface area (TPSA) is 82.8 Å². The number of benzene rings is 1. The molecule has 0 radical (unpaired) electrons. The lowest BCUT2D eigenvalue weighted by Gasteiger charge is -2.05. The molecule has 1 aliphatic rings. The molecule has 2 rings (SSSR count). The Balaban J connectivity index is 2.01. The Labute approximate surface area is 92.2 Å². The summed E-state index contributed by atoms with van der Waals surface area (Å²) in [5.74, 6) is 0.859. The van der Waals surface area contributed by atoms with Gasteiger partial charge in [-0.3, -0.25) is 9.63 Å². The molecule has 3 N–H and O–H groups in total. The Hall–Kier alpha value is -1.79. The van der Waals surface area contributed by atoms with E-state index in [1.807, 2.05) is 0 Å². The van der Waals surface area contributed by atoms with E-state index in [4.69, 9.17) is 20.0 Å². The van der Waals surface area contributed by atoms with Crippen LogP contribution in [-0.2, 0) is 4.84 Å². The highest BCUT2D eigenvalue weighted by Gasteiger charge is 2.15. The summed E-state index contributed by atoms with van der Waals surface area (Å²) in [5, 5.41) is 0. The highest BCUT2D eigenvalue weighted by atomic mass is 16.7. The number of ether oxygens (including phenoxy) is 2. The third-order valence-corrected chi connectivity index (χ3v) is 2.02. The van der Waals surface area contributed by atoms with Gasteiger partial charge in [0.05, 0.1) is 6.61 Å². The van der Waals surface area contributed by atoms with Crippen LogP contribution in [-0.4, -0.2) is 25.9 Å². The van der Waals surface area contributed by atoms with E-state index in [1.54, 1.807) is 18.2 Å². The van der Waals surface area contributed by atoms with Crippen molar-refractivity contribution >= 4 is 5.91 Å². The second kappa shape index (κ2) is 4.82. The Kier molecular flexibility index (Phi) is 3.23. The zero-order valence-electron chi connectivity index (χ0n) is 8.56. The molecule has 1 aromatic rings. The van der Waals surface area contributed by atoms with Gasteiger partial charge >= 0.3 is 0 Å². The standard InChI is InChI=1S/C10H12N2O4/c11-3-4-16-12-10(13)7-1-2-8-9(5-7)15-6-14-8/h1-2,5H,3-4,6,11H2,(H,12,13). The number of rotatable bonds is 4. The first-order valence-corrected chi connectivity index (χ1v) is 4.83. The first kappa shape index (κ1) is 10.7. The predicted octanol–water partition coefficient (Wildman–Crippen LogP) is 0.0354. The van der Waals surface area contributed by atoms with Crippen LogP contribution in [0.4, 0.5) is 0 Å². The van der Waals surface area contributed by atoms with Gasteiger partial charge in [-0.2, -0.15) is 0 Å². The van der Waals surface area contributed by atoms with Gasteiger partial charge in [0, 0.05) is 12.1 Å². The van der Waals surface area contributed by atoms with Gasteiger partial charge in [-0.25, -0.2) is 5.48 Å². The number of carbonyl (C=O) groups excluding carboxylic acids is 1. The molecule has 0 atom stereocenters. The fraction of sp³-hybridized carbons (Fsp3) is 0.300. The Morgan fingerprint density at radius 1 is 1.44 bits per heavy atom. The molecule has 0 saturated carbocycles. The third-order valence-electron chi connectivity index (χ3n) is 2.02. The highest BCUT2D eigenvalue weighted by molar-refractivity contribution is 5.94. The first-order chi connectivity index (χ1) is 7.81. The summed E-state index contributed by atoms with van der Waals surface area (Å²) < 4.78 is 10.3. The molecule has 0 saturated heterocycles. The van der Waals surface area contributed by atoms with Crippen LogP contribution in [0.5, 0.6) is 11.5 Å². The molecule has 1 heterocycles. The second-order valence-electron chi connectivity index (χ2n) is 3.14. The highest BCUT2D eigenvalue weighted by Crippen LogP contribution is 2.32. The van der Waals surface area contributed by atoms with Crippen LogP contribution in [0.3, 0.4) is 0 Å². The number of nitrogens with one attached hydrogen (secondary N) is 1. The minimum absolute atomic E-state index is 0.185. The average Bonchev–Trinajstić information content (AvgIpc) is 2.76. The van der Waals surface area contributed by atoms with Gasteiger partial charge in [0.1, 0.15) is 0 Å². The number of fused-ring (bicyclic) bond motifs is 1. The maximum Gasteiger partial charge on any atom is 0.274 e. The van der Waals surface area contributed by atoms with Crippen molar-refractivity contribution in [2.75, 3.05) is 19.9 Å². The molecule has 0 unspecified atom stereocenters. The number of nitrogens with two attached hydrogens (primary N) is 1. The molecule has 16 heavy (non-hydrogen) atoms. The number of amides is 1. The molecule has 86 valence electrons. The SMILES string of the molecule is NCCONC(=O)c1ccc2c(c1)OCO2. The number of carbonyl (C=O) groups is 1. The van der Waals surface area contributed by atoms with Crippen molar-refractivity contribution in [2.24, 2.45) is 5.73 Å². The summed E-state index contributed by atoms with van der Waals surface area (Å²) in [6.45, 7) is 0.807. The molecule has 6 heteroatoms. The number of hydroxylamine groups is 1. The molecule has 0 aliphatic carbocycles. The molecular weight excluding hydrogens is 212 g/mol. The van der Waals surface area contributed by atoms with Crippen molar-refractivity contribution < 1.29 is 19.1 Å². The van der Waals surface area contributed by atoms with E-state index in [2.05, 4.69) is 5.48 Å². The smallest absolute Gasteiger partial charge is 0.274 e. The Morgan fingerprint density at radius 3 is 3.06 bits per heavy atom. The lowest BCUT2D eigenvalue weighted by molar-refractivity contribution is 0.0343. The largest absolute Gasteiger partial charge is 0.454 e. The molecule has 0 bridgehead atoms. The van der Waals surface area contributed by atoms with Crippen molar-refractivity contribution in [1.29, 1.82) is 0 Å². The Morgan fingerprint density at radius 2 is 2.25 bits per heavy atom. The number of hydrogen-bond donors (Lipinski definition) is 2. The summed E-state index contributed by atoms with van der Waals surface area (Å²) in [6.07, 6.45) is 0. The van der Waals surface area contributed by atoms with Crippen LogP contribution < -0.4 is 20.7 Å². The monoisotopic (exact) mass is 224 g/mol. The lowest BCUT2D eigenvalue weighted by Crippen LogP contribution is -2.26. The minimum atomic E-state index is -0.341. The zero-order chi connectivity index (χ0) is 11.4. The molecule has 0 spiro atoms. The van der Waals surface area contributed by atoms with Gasteiger partial charge in [0.25, 0.3) is 5.91 Å². The summed E-state index contributed by atoms with van der Waals surface area (Å²) in [5.41, 5.74) is 7.94. The van der Waals surface area contributed by atoms with Crippen molar-refractivity contribution in [3.05, 3.63) is 23.8 Å². The Bertz CT molecular complexity index is 394. The maximum atomic E-state index is 11.5. The molecule has 1 aromatic carbocycles. The van der Waals surface area contributed by atoms with E-state index >= 15 is 0 Å². The minimum Gasteiger partial charge on any atom is -0.454 e. The van der Waals surface area contributed by atoms with Crippen molar-refractivity contribution in [3.8, 4) is 11.5 Å². The average molecular weight is 224 g/mol. The normalized spacial score (nSPS) is 12.6. The van der Waals surface area contributed by atoms with Crippen molar-refractivity contribution in [3.63, 3.8) is 0 Å². The van der Waals surface area contributed by atoms with Crippen LogP contribution in [0, 0.1) is 0 Å². The maximum absolute atomic E-state index is 11.5. The van der Waals surface area contributed by atoms with E-state index in [0.717, 1.165) is 0 Å². The summed E-state index contributed by atoms with van der Waals surface area (Å²) >= 11 is 0. The van der Waals surface area contributed by atoms with Crippen LogP contribution >= 0.6 is 0 Å². The molecule has 6 nitrogen and oxygen atoms in total. The van der Waals surface area contributed by atoms with Crippen LogP contribution in [0.2, 0.25) is 0 Å².